The molecule has 2 N–H and O–H groups in total. The van der Waals surface area contributed by atoms with Crippen LogP contribution in [-0.4, -0.2) is 27.1 Å². The molecule has 0 spiro atoms. The Morgan fingerprint density at radius 1 is 1.26 bits per heavy atom. The Morgan fingerprint density at radius 2 is 2.07 bits per heavy atom. The lowest BCUT2D eigenvalue weighted by atomic mass is 10.1. The van der Waals surface area contributed by atoms with Crippen molar-refractivity contribution in [3.8, 4) is 0 Å². The molecule has 0 saturated carbocycles. The van der Waals surface area contributed by atoms with E-state index >= 15 is 0 Å². The summed E-state index contributed by atoms with van der Waals surface area (Å²) >= 11 is 0. The molecule has 0 aliphatic rings. The molecule has 1 aromatic carbocycles. The minimum atomic E-state index is -0.201. The van der Waals surface area contributed by atoms with E-state index < -0.39 is 0 Å². The largest absolute Gasteiger partial charge is 0.357 e. The summed E-state index contributed by atoms with van der Waals surface area (Å²) in [6.45, 7) is 6.84. The number of hydrogen-bond donors (Lipinski definition) is 2. The molecule has 2 aromatic heterocycles. The van der Waals surface area contributed by atoms with E-state index in [1.54, 1.807) is 19.1 Å². The van der Waals surface area contributed by atoms with Gasteiger partial charge in [0.25, 0.3) is 0 Å². The van der Waals surface area contributed by atoms with Crippen LogP contribution in [0.25, 0.3) is 5.65 Å². The van der Waals surface area contributed by atoms with E-state index in [1.165, 1.54) is 0 Å². The Morgan fingerprint density at radius 3 is 2.81 bits per heavy atom. The second-order valence-corrected chi connectivity index (χ2v) is 6.11. The fourth-order valence-corrected chi connectivity index (χ4v) is 2.64. The van der Waals surface area contributed by atoms with E-state index in [9.17, 15) is 4.39 Å². The van der Waals surface area contributed by atoms with E-state index in [0.29, 0.717) is 18.1 Å². The fourth-order valence-electron chi connectivity index (χ4n) is 2.64. The van der Waals surface area contributed by atoms with Crippen molar-refractivity contribution in [3.05, 3.63) is 65.4 Å². The monoisotopic (exact) mass is 482 g/mol. The molecule has 0 fully saturated rings. The Kier molecular flexibility index (Phi) is 7.52. The summed E-state index contributed by atoms with van der Waals surface area (Å²) in [7, 11) is 0. The molecule has 0 amide bonds. The first-order valence-corrected chi connectivity index (χ1v) is 8.68. The van der Waals surface area contributed by atoms with Crippen molar-refractivity contribution in [2.75, 3.05) is 6.54 Å². The average Bonchev–Trinajstić information content (AvgIpc) is 3.05. The lowest BCUT2D eigenvalue weighted by Crippen LogP contribution is -2.38. The van der Waals surface area contributed by atoms with Gasteiger partial charge < -0.3 is 10.6 Å². The molecular weight excluding hydrogens is 458 g/mol. The summed E-state index contributed by atoms with van der Waals surface area (Å²) in [6, 6.07) is 10.9. The number of aliphatic imine (C=N–C) groups is 1. The Balaban J connectivity index is 0.00000261. The number of benzene rings is 1. The lowest BCUT2D eigenvalue weighted by molar-refractivity contribution is 0.607. The summed E-state index contributed by atoms with van der Waals surface area (Å²) in [5.74, 6) is 1.20. The molecule has 3 aromatic rings. The van der Waals surface area contributed by atoms with Crippen molar-refractivity contribution in [1.82, 2.24) is 25.2 Å². The highest BCUT2D eigenvalue weighted by molar-refractivity contribution is 14.0. The summed E-state index contributed by atoms with van der Waals surface area (Å²) in [4.78, 5) is 4.59. The van der Waals surface area contributed by atoms with Gasteiger partial charge in [0.05, 0.1) is 6.04 Å². The summed E-state index contributed by atoms with van der Waals surface area (Å²) < 4.78 is 15.7. The normalized spacial score (nSPS) is 12.5. The summed E-state index contributed by atoms with van der Waals surface area (Å²) in [5.41, 5.74) is 2.30. The van der Waals surface area contributed by atoms with E-state index in [4.69, 9.17) is 0 Å². The van der Waals surface area contributed by atoms with Crippen LogP contribution in [0.5, 0.6) is 0 Å². The fraction of sp³-hybridized carbons (Fsp3) is 0.316. The number of nitrogens with zero attached hydrogens (tertiary/aromatic N) is 4. The van der Waals surface area contributed by atoms with Gasteiger partial charge in [-0.05, 0) is 50.1 Å². The average molecular weight is 482 g/mol. The Bertz CT molecular complexity index is 923. The molecule has 3 rings (SSSR count). The quantitative estimate of drug-likeness (QED) is 0.332. The van der Waals surface area contributed by atoms with Gasteiger partial charge in [-0.1, -0.05) is 18.2 Å². The topological polar surface area (TPSA) is 66.6 Å². The van der Waals surface area contributed by atoms with Crippen LogP contribution in [0.1, 0.15) is 36.8 Å². The number of pyridine rings is 1. The van der Waals surface area contributed by atoms with Gasteiger partial charge in [0, 0.05) is 12.7 Å². The van der Waals surface area contributed by atoms with Gasteiger partial charge >= 0.3 is 0 Å². The van der Waals surface area contributed by atoms with Gasteiger partial charge in [0.1, 0.15) is 12.4 Å². The molecular formula is C19H24FIN6. The number of aryl methyl sites for hydroxylation is 1. The number of aromatic nitrogens is 3. The van der Waals surface area contributed by atoms with Crippen LogP contribution in [0.4, 0.5) is 4.39 Å². The van der Waals surface area contributed by atoms with Crippen LogP contribution in [-0.2, 0) is 6.54 Å². The molecule has 2 heterocycles. The Labute approximate surface area is 175 Å². The highest BCUT2D eigenvalue weighted by Crippen LogP contribution is 2.16. The highest BCUT2D eigenvalue weighted by Gasteiger charge is 2.10. The molecule has 0 saturated heterocycles. The maximum absolute atomic E-state index is 13.8. The van der Waals surface area contributed by atoms with Crippen LogP contribution in [0, 0.1) is 12.7 Å². The van der Waals surface area contributed by atoms with Crippen molar-refractivity contribution >= 4 is 35.6 Å². The molecule has 1 unspecified atom stereocenters. The molecule has 0 radical (unpaired) electrons. The third kappa shape index (κ3) is 5.15. The number of halogens is 2. The first-order chi connectivity index (χ1) is 12.6. The molecule has 27 heavy (non-hydrogen) atoms. The first-order valence-electron chi connectivity index (χ1n) is 8.68. The summed E-state index contributed by atoms with van der Waals surface area (Å²) in [6.07, 6.45) is 1.91. The predicted molar refractivity (Wildman–Crippen MR) is 116 cm³/mol. The number of guanidine groups is 1. The molecule has 0 aliphatic heterocycles. The summed E-state index contributed by atoms with van der Waals surface area (Å²) in [5, 5.41) is 14.8. The zero-order valence-corrected chi connectivity index (χ0v) is 17.9. The number of nitrogens with one attached hydrogen (secondary N) is 2. The van der Waals surface area contributed by atoms with Crippen LogP contribution in [0.15, 0.2) is 47.6 Å². The zero-order chi connectivity index (χ0) is 18.5. The predicted octanol–water partition coefficient (Wildman–Crippen LogP) is 3.61. The van der Waals surface area contributed by atoms with Crippen molar-refractivity contribution in [2.45, 2.75) is 33.4 Å². The lowest BCUT2D eigenvalue weighted by Gasteiger charge is -2.18. The molecule has 1 atom stereocenters. The van der Waals surface area contributed by atoms with E-state index in [1.807, 2.05) is 48.7 Å². The Hall–Kier alpha value is -2.23. The zero-order valence-electron chi connectivity index (χ0n) is 15.6. The number of fused-ring (bicyclic) bond motifs is 1. The van der Waals surface area contributed by atoms with Gasteiger partial charge in [0.2, 0.25) is 0 Å². The second kappa shape index (κ2) is 9.63. The van der Waals surface area contributed by atoms with Gasteiger partial charge in [0.15, 0.2) is 17.4 Å². The molecule has 144 valence electrons. The minimum Gasteiger partial charge on any atom is -0.357 e. The SMILES string of the molecule is CCNC(=NCc1nnc2ccccn12)NC(C)c1ccc(C)c(F)c1.I. The van der Waals surface area contributed by atoms with Crippen molar-refractivity contribution < 1.29 is 4.39 Å². The molecule has 0 aliphatic carbocycles. The van der Waals surface area contributed by atoms with Gasteiger partial charge in [-0.25, -0.2) is 9.38 Å². The standard InChI is InChI=1S/C19H23FN6.HI/c1-4-21-19(23-14(3)15-9-8-13(2)16(20)11-15)22-12-18-25-24-17-7-5-6-10-26(17)18;/h5-11,14H,4,12H2,1-3H3,(H2,21,22,23);1H. The third-order valence-corrected chi connectivity index (χ3v) is 4.16. The second-order valence-electron chi connectivity index (χ2n) is 6.11. The van der Waals surface area contributed by atoms with E-state index in [-0.39, 0.29) is 35.8 Å². The van der Waals surface area contributed by atoms with Crippen LogP contribution >= 0.6 is 24.0 Å². The smallest absolute Gasteiger partial charge is 0.192 e. The van der Waals surface area contributed by atoms with Crippen LogP contribution in [0.2, 0.25) is 0 Å². The van der Waals surface area contributed by atoms with E-state index in [0.717, 1.165) is 23.6 Å². The maximum atomic E-state index is 13.8. The van der Waals surface area contributed by atoms with Crippen molar-refractivity contribution in [1.29, 1.82) is 0 Å². The van der Waals surface area contributed by atoms with Crippen molar-refractivity contribution in [3.63, 3.8) is 0 Å². The van der Waals surface area contributed by atoms with Crippen LogP contribution < -0.4 is 10.6 Å². The minimum absolute atomic E-state index is 0. The van der Waals surface area contributed by atoms with E-state index in [2.05, 4.69) is 25.8 Å². The first kappa shape index (κ1) is 21.1. The highest BCUT2D eigenvalue weighted by atomic mass is 127. The number of rotatable bonds is 5. The third-order valence-electron chi connectivity index (χ3n) is 4.16. The maximum Gasteiger partial charge on any atom is 0.192 e. The number of hydrogen-bond acceptors (Lipinski definition) is 3. The van der Waals surface area contributed by atoms with Gasteiger partial charge in [-0.15, -0.1) is 34.2 Å². The van der Waals surface area contributed by atoms with Crippen molar-refractivity contribution in [2.24, 2.45) is 4.99 Å². The molecule has 0 bridgehead atoms. The van der Waals surface area contributed by atoms with Crippen LogP contribution in [0.3, 0.4) is 0 Å². The van der Waals surface area contributed by atoms with Gasteiger partial charge in [-0.3, -0.25) is 4.40 Å². The molecule has 6 nitrogen and oxygen atoms in total. The molecule has 8 heteroatoms. The van der Waals surface area contributed by atoms with Gasteiger partial charge in [-0.2, -0.15) is 0 Å².